The number of halogens is 2. The normalized spacial score (nSPS) is 11.8. The molecule has 0 amide bonds. The van der Waals surface area contributed by atoms with Gasteiger partial charge in [-0.1, -0.05) is 24.3 Å². The first-order valence-corrected chi connectivity index (χ1v) is 6.25. The quantitative estimate of drug-likeness (QED) is 0.839. The number of nitrogens with two attached hydrogens (primary N) is 1. The van der Waals surface area contributed by atoms with Crippen molar-refractivity contribution in [2.24, 2.45) is 5.73 Å². The topological polar surface area (TPSA) is 50.9 Å². The molecule has 6 heteroatoms. The van der Waals surface area contributed by atoms with Crippen molar-refractivity contribution < 1.29 is 8.78 Å². The van der Waals surface area contributed by atoms with Crippen LogP contribution >= 0.6 is 11.3 Å². The summed E-state index contributed by atoms with van der Waals surface area (Å²) in [7, 11) is 1.84. The van der Waals surface area contributed by atoms with E-state index in [2.05, 4.69) is 10.3 Å². The summed E-state index contributed by atoms with van der Waals surface area (Å²) in [4.78, 5) is 4.40. The first kappa shape index (κ1) is 13.1. The molecule has 0 radical (unpaired) electrons. The average molecular weight is 269 g/mol. The Labute approximate surface area is 108 Å². The van der Waals surface area contributed by atoms with E-state index in [1.807, 2.05) is 12.4 Å². The zero-order valence-electron chi connectivity index (χ0n) is 9.78. The molecular formula is C12H13F2N3S. The minimum atomic E-state index is -3.29. The zero-order valence-corrected chi connectivity index (χ0v) is 10.6. The van der Waals surface area contributed by atoms with E-state index < -0.39 is 6.05 Å². The fraction of sp³-hybridized carbons (Fsp3) is 0.250. The van der Waals surface area contributed by atoms with Gasteiger partial charge in [0, 0.05) is 23.1 Å². The van der Waals surface area contributed by atoms with E-state index in [1.54, 1.807) is 12.1 Å². The lowest BCUT2D eigenvalue weighted by Gasteiger charge is -2.10. The van der Waals surface area contributed by atoms with Crippen LogP contribution in [0.15, 0.2) is 29.6 Å². The predicted octanol–water partition coefficient (Wildman–Crippen LogP) is 2.54. The Morgan fingerprint density at radius 2 is 2.00 bits per heavy atom. The van der Waals surface area contributed by atoms with Gasteiger partial charge in [-0.15, -0.1) is 11.3 Å². The fourth-order valence-electron chi connectivity index (χ4n) is 1.54. The zero-order chi connectivity index (χ0) is 13.2. The van der Waals surface area contributed by atoms with Crippen molar-refractivity contribution in [3.63, 3.8) is 0 Å². The molecule has 1 aromatic heterocycles. The van der Waals surface area contributed by atoms with Gasteiger partial charge in [-0.25, -0.2) is 4.98 Å². The molecule has 0 saturated carbocycles. The third-order valence-corrected chi connectivity index (χ3v) is 3.37. The summed E-state index contributed by atoms with van der Waals surface area (Å²) in [5.41, 5.74) is 6.29. The molecule has 18 heavy (non-hydrogen) atoms. The molecule has 0 fully saturated rings. The number of hydrogen-bond donors (Lipinski definition) is 2. The van der Waals surface area contributed by atoms with Crippen molar-refractivity contribution in [3.8, 4) is 10.6 Å². The maximum Gasteiger partial charge on any atom is 0.326 e. The van der Waals surface area contributed by atoms with Gasteiger partial charge in [-0.3, -0.25) is 5.73 Å². The lowest BCUT2D eigenvalue weighted by atomic mass is 10.1. The Morgan fingerprint density at radius 3 is 2.56 bits per heavy atom. The SMILES string of the molecule is CNCc1csc(-c2ccc(C(N)(F)F)cc2)n1. The third kappa shape index (κ3) is 2.90. The maximum atomic E-state index is 12.8. The Kier molecular flexibility index (Phi) is 3.70. The summed E-state index contributed by atoms with van der Waals surface area (Å²) in [6.07, 6.45) is 0. The first-order chi connectivity index (χ1) is 8.50. The van der Waals surface area contributed by atoms with E-state index in [-0.39, 0.29) is 5.56 Å². The fourth-order valence-corrected chi connectivity index (χ4v) is 2.36. The Balaban J connectivity index is 2.23. The second kappa shape index (κ2) is 5.09. The molecule has 96 valence electrons. The lowest BCUT2D eigenvalue weighted by Crippen LogP contribution is -2.24. The summed E-state index contributed by atoms with van der Waals surface area (Å²) in [5, 5.41) is 5.76. The van der Waals surface area contributed by atoms with Crippen LogP contribution in [0.5, 0.6) is 0 Å². The van der Waals surface area contributed by atoms with E-state index in [1.165, 1.54) is 23.5 Å². The summed E-state index contributed by atoms with van der Waals surface area (Å²) in [6, 6.07) is 2.58. The van der Waals surface area contributed by atoms with Crippen molar-refractivity contribution in [2.75, 3.05) is 7.05 Å². The molecule has 2 aromatic rings. The monoisotopic (exact) mass is 269 g/mol. The molecule has 0 aliphatic heterocycles. The van der Waals surface area contributed by atoms with E-state index in [9.17, 15) is 8.78 Å². The van der Waals surface area contributed by atoms with E-state index in [0.29, 0.717) is 6.54 Å². The number of alkyl halides is 2. The second-order valence-electron chi connectivity index (χ2n) is 3.87. The van der Waals surface area contributed by atoms with E-state index in [0.717, 1.165) is 16.3 Å². The van der Waals surface area contributed by atoms with Crippen LogP contribution in [0.4, 0.5) is 8.78 Å². The standard InChI is InChI=1S/C12H13F2N3S/c1-16-6-10-7-18-11(17-10)8-2-4-9(5-3-8)12(13,14)15/h2-5,7,16H,6,15H2,1H3. The number of hydrogen-bond acceptors (Lipinski definition) is 4. The van der Waals surface area contributed by atoms with Gasteiger partial charge < -0.3 is 5.32 Å². The molecule has 0 atom stereocenters. The van der Waals surface area contributed by atoms with Crippen LogP contribution in [0.1, 0.15) is 11.3 Å². The van der Waals surface area contributed by atoms with Crippen LogP contribution in [0, 0.1) is 0 Å². The minimum absolute atomic E-state index is 0.196. The van der Waals surface area contributed by atoms with Gasteiger partial charge in [0.2, 0.25) is 0 Å². The number of nitrogens with one attached hydrogen (secondary N) is 1. The largest absolute Gasteiger partial charge is 0.326 e. The predicted molar refractivity (Wildman–Crippen MR) is 68.4 cm³/mol. The highest BCUT2D eigenvalue weighted by molar-refractivity contribution is 7.13. The van der Waals surface area contributed by atoms with Crippen molar-refractivity contribution >= 4 is 11.3 Å². The number of benzene rings is 1. The van der Waals surface area contributed by atoms with Gasteiger partial charge in [-0.2, -0.15) is 8.78 Å². The molecule has 0 aliphatic carbocycles. The Morgan fingerprint density at radius 1 is 1.33 bits per heavy atom. The number of rotatable bonds is 4. The molecule has 2 rings (SSSR count). The van der Waals surface area contributed by atoms with Crippen LogP contribution < -0.4 is 11.1 Å². The highest BCUT2D eigenvalue weighted by Gasteiger charge is 2.24. The van der Waals surface area contributed by atoms with Gasteiger partial charge in [0.05, 0.1) is 5.69 Å². The molecule has 0 aliphatic rings. The number of aromatic nitrogens is 1. The maximum absolute atomic E-state index is 12.8. The smallest absolute Gasteiger partial charge is 0.314 e. The Bertz CT molecular complexity index is 517. The average Bonchev–Trinajstić information content (AvgIpc) is 2.77. The summed E-state index contributed by atoms with van der Waals surface area (Å²) in [5.74, 6) is 0. The molecule has 0 unspecified atom stereocenters. The molecule has 1 aromatic carbocycles. The molecule has 0 bridgehead atoms. The number of thiazole rings is 1. The van der Waals surface area contributed by atoms with Gasteiger partial charge in [0.15, 0.2) is 0 Å². The molecule has 1 heterocycles. The molecule has 3 N–H and O–H groups in total. The van der Waals surface area contributed by atoms with Crippen LogP contribution in [0.3, 0.4) is 0 Å². The van der Waals surface area contributed by atoms with E-state index >= 15 is 0 Å². The van der Waals surface area contributed by atoms with Crippen LogP contribution in [0.2, 0.25) is 0 Å². The van der Waals surface area contributed by atoms with Crippen molar-refractivity contribution in [1.82, 2.24) is 10.3 Å². The molecule has 0 saturated heterocycles. The number of nitrogens with zero attached hydrogens (tertiary/aromatic N) is 1. The van der Waals surface area contributed by atoms with Gasteiger partial charge in [0.25, 0.3) is 0 Å². The van der Waals surface area contributed by atoms with Crippen LogP contribution in [0.25, 0.3) is 10.6 Å². The Hall–Kier alpha value is -1.37. The second-order valence-corrected chi connectivity index (χ2v) is 4.73. The first-order valence-electron chi connectivity index (χ1n) is 5.37. The highest BCUT2D eigenvalue weighted by Crippen LogP contribution is 2.27. The van der Waals surface area contributed by atoms with Gasteiger partial charge in [0.1, 0.15) is 5.01 Å². The summed E-state index contributed by atoms with van der Waals surface area (Å²) >= 11 is 1.49. The van der Waals surface area contributed by atoms with Gasteiger partial charge in [-0.05, 0) is 7.05 Å². The van der Waals surface area contributed by atoms with E-state index in [4.69, 9.17) is 5.73 Å². The van der Waals surface area contributed by atoms with Gasteiger partial charge >= 0.3 is 6.05 Å². The van der Waals surface area contributed by atoms with Crippen LogP contribution in [-0.2, 0) is 12.6 Å². The van der Waals surface area contributed by atoms with Crippen molar-refractivity contribution in [2.45, 2.75) is 12.6 Å². The molecule has 0 spiro atoms. The highest BCUT2D eigenvalue weighted by atomic mass is 32.1. The van der Waals surface area contributed by atoms with Crippen molar-refractivity contribution in [3.05, 3.63) is 40.9 Å². The lowest BCUT2D eigenvalue weighted by molar-refractivity contribution is 0.00300. The summed E-state index contributed by atoms with van der Waals surface area (Å²) in [6.45, 7) is 0.690. The minimum Gasteiger partial charge on any atom is -0.314 e. The molecular weight excluding hydrogens is 256 g/mol. The molecule has 3 nitrogen and oxygen atoms in total. The summed E-state index contributed by atoms with van der Waals surface area (Å²) < 4.78 is 25.7. The van der Waals surface area contributed by atoms with Crippen LogP contribution in [-0.4, -0.2) is 12.0 Å². The van der Waals surface area contributed by atoms with Crippen molar-refractivity contribution in [1.29, 1.82) is 0 Å². The third-order valence-electron chi connectivity index (χ3n) is 2.43.